The highest BCUT2D eigenvalue weighted by molar-refractivity contribution is 6.31. The fraction of sp³-hybridized carbons (Fsp3) is 0.231. The Kier molecular flexibility index (Phi) is 4.75. The molecule has 18 heavy (non-hydrogen) atoms. The molecule has 0 aromatic heterocycles. The maximum atomic E-state index is 11.8. The summed E-state index contributed by atoms with van der Waals surface area (Å²) in [5.41, 5.74) is 1.09. The van der Waals surface area contributed by atoms with Crippen molar-refractivity contribution in [2.75, 3.05) is 0 Å². The lowest BCUT2D eigenvalue weighted by Gasteiger charge is -2.12. The zero-order chi connectivity index (χ0) is 13.7. The van der Waals surface area contributed by atoms with Crippen molar-refractivity contribution >= 4 is 23.5 Å². The maximum Gasteiger partial charge on any atom is 0.327 e. The fourth-order valence-electron chi connectivity index (χ4n) is 1.35. The smallest absolute Gasteiger partial charge is 0.327 e. The predicted molar refractivity (Wildman–Crippen MR) is 68.5 cm³/mol. The number of aryl methyl sites for hydroxylation is 1. The van der Waals surface area contributed by atoms with Crippen LogP contribution in [0.5, 0.6) is 0 Å². The molecule has 1 unspecified atom stereocenters. The van der Waals surface area contributed by atoms with Gasteiger partial charge in [-0.1, -0.05) is 11.6 Å². The Morgan fingerprint density at radius 1 is 1.56 bits per heavy atom. The van der Waals surface area contributed by atoms with Gasteiger partial charge in [-0.25, -0.2) is 4.79 Å². The van der Waals surface area contributed by atoms with Gasteiger partial charge in [-0.2, -0.15) is 0 Å². The van der Waals surface area contributed by atoms with Gasteiger partial charge in [-0.3, -0.25) is 4.79 Å². The summed E-state index contributed by atoms with van der Waals surface area (Å²) in [6.45, 7) is 1.76. The normalized spacial score (nSPS) is 11.4. The van der Waals surface area contributed by atoms with Gasteiger partial charge < -0.3 is 10.4 Å². The molecular weight excluding hydrogens is 254 g/mol. The van der Waals surface area contributed by atoms with Gasteiger partial charge in [0.25, 0.3) is 5.91 Å². The number of nitrogens with one attached hydrogen (secondary N) is 1. The molecule has 0 aliphatic heterocycles. The summed E-state index contributed by atoms with van der Waals surface area (Å²) in [7, 11) is 0. The number of hydrogen-bond donors (Lipinski definition) is 2. The lowest BCUT2D eigenvalue weighted by atomic mass is 10.1. The molecule has 0 spiro atoms. The van der Waals surface area contributed by atoms with E-state index in [1.54, 1.807) is 19.1 Å². The number of carboxylic acid groups (broad SMARTS) is 1. The van der Waals surface area contributed by atoms with Crippen molar-refractivity contribution in [3.63, 3.8) is 0 Å². The summed E-state index contributed by atoms with van der Waals surface area (Å²) in [6.07, 6.45) is 4.98. The van der Waals surface area contributed by atoms with Gasteiger partial charge in [0.15, 0.2) is 0 Å². The number of carbonyl (C=O) groups is 2. The number of benzene rings is 1. The molecule has 1 rings (SSSR count). The first kappa shape index (κ1) is 14.1. The van der Waals surface area contributed by atoms with Gasteiger partial charge in [-0.15, -0.1) is 12.3 Å². The molecule has 0 bridgehead atoms. The van der Waals surface area contributed by atoms with E-state index in [1.807, 2.05) is 0 Å². The molecule has 1 amide bonds. The minimum absolute atomic E-state index is 0.0619. The number of carbonyl (C=O) groups excluding carboxylic acids is 1. The van der Waals surface area contributed by atoms with E-state index in [1.165, 1.54) is 6.07 Å². The molecule has 0 saturated carbocycles. The zero-order valence-corrected chi connectivity index (χ0v) is 10.5. The van der Waals surface area contributed by atoms with Crippen molar-refractivity contribution in [1.29, 1.82) is 0 Å². The summed E-state index contributed by atoms with van der Waals surface area (Å²) in [4.78, 5) is 22.7. The van der Waals surface area contributed by atoms with E-state index in [0.29, 0.717) is 10.6 Å². The molecule has 0 aliphatic rings. The van der Waals surface area contributed by atoms with Crippen molar-refractivity contribution in [3.8, 4) is 12.3 Å². The van der Waals surface area contributed by atoms with Crippen LogP contribution in [0.4, 0.5) is 0 Å². The van der Waals surface area contributed by atoms with Gasteiger partial charge in [0.1, 0.15) is 6.04 Å². The highest BCUT2D eigenvalue weighted by Crippen LogP contribution is 2.16. The largest absolute Gasteiger partial charge is 0.480 e. The molecule has 2 N–H and O–H groups in total. The van der Waals surface area contributed by atoms with Gasteiger partial charge in [0, 0.05) is 17.0 Å². The Bertz CT molecular complexity index is 519. The van der Waals surface area contributed by atoms with E-state index in [0.717, 1.165) is 5.56 Å². The minimum atomic E-state index is -1.16. The van der Waals surface area contributed by atoms with Crippen LogP contribution in [0, 0.1) is 19.3 Å². The Hall–Kier alpha value is -1.99. The molecule has 94 valence electrons. The number of amides is 1. The lowest BCUT2D eigenvalue weighted by Crippen LogP contribution is -2.40. The molecule has 4 nitrogen and oxygen atoms in total. The first-order valence-electron chi connectivity index (χ1n) is 5.19. The van der Waals surface area contributed by atoms with Crippen LogP contribution in [-0.4, -0.2) is 23.0 Å². The fourth-order valence-corrected chi connectivity index (χ4v) is 1.46. The third kappa shape index (κ3) is 3.51. The van der Waals surface area contributed by atoms with Crippen molar-refractivity contribution in [3.05, 3.63) is 34.3 Å². The number of terminal acetylenes is 1. The van der Waals surface area contributed by atoms with Crippen molar-refractivity contribution in [2.24, 2.45) is 0 Å². The second kappa shape index (κ2) is 6.08. The molecule has 1 aromatic carbocycles. The van der Waals surface area contributed by atoms with E-state index >= 15 is 0 Å². The average Bonchev–Trinajstić information content (AvgIpc) is 2.31. The summed E-state index contributed by atoms with van der Waals surface area (Å²) >= 11 is 5.84. The zero-order valence-electron chi connectivity index (χ0n) is 9.74. The van der Waals surface area contributed by atoms with Crippen LogP contribution < -0.4 is 5.32 Å². The highest BCUT2D eigenvalue weighted by Gasteiger charge is 2.19. The van der Waals surface area contributed by atoms with Gasteiger partial charge in [-0.05, 0) is 30.7 Å². The number of carboxylic acids is 1. The summed E-state index contributed by atoms with van der Waals surface area (Å²) in [6, 6.07) is 3.62. The van der Waals surface area contributed by atoms with Crippen LogP contribution in [0.15, 0.2) is 18.2 Å². The number of rotatable bonds is 4. The Balaban J connectivity index is 2.84. The van der Waals surface area contributed by atoms with Crippen LogP contribution >= 0.6 is 11.6 Å². The second-order valence-corrected chi connectivity index (χ2v) is 4.14. The number of hydrogen-bond acceptors (Lipinski definition) is 2. The van der Waals surface area contributed by atoms with Gasteiger partial charge in [0.2, 0.25) is 0 Å². The van der Waals surface area contributed by atoms with Gasteiger partial charge >= 0.3 is 5.97 Å². The highest BCUT2D eigenvalue weighted by atomic mass is 35.5. The van der Waals surface area contributed by atoms with Gasteiger partial charge in [0.05, 0.1) is 0 Å². The second-order valence-electron chi connectivity index (χ2n) is 3.74. The van der Waals surface area contributed by atoms with Crippen molar-refractivity contribution in [1.82, 2.24) is 5.32 Å². The van der Waals surface area contributed by atoms with E-state index in [-0.39, 0.29) is 6.42 Å². The number of aliphatic carboxylic acids is 1. The molecule has 0 heterocycles. The van der Waals surface area contributed by atoms with Crippen LogP contribution in [0.3, 0.4) is 0 Å². The molecule has 0 aliphatic carbocycles. The molecule has 0 fully saturated rings. The summed E-state index contributed by atoms with van der Waals surface area (Å²) in [5, 5.41) is 11.8. The molecule has 5 heteroatoms. The lowest BCUT2D eigenvalue weighted by molar-refractivity contribution is -0.139. The summed E-state index contributed by atoms with van der Waals surface area (Å²) < 4.78 is 0. The van der Waals surface area contributed by atoms with Crippen LogP contribution in [0.1, 0.15) is 22.3 Å². The van der Waals surface area contributed by atoms with Crippen molar-refractivity contribution in [2.45, 2.75) is 19.4 Å². The first-order valence-corrected chi connectivity index (χ1v) is 5.56. The maximum absolute atomic E-state index is 11.8. The average molecular weight is 266 g/mol. The standard InChI is InChI=1S/C13H12ClNO3/c1-3-4-11(13(17)18)15-12(16)9-5-6-10(14)8(2)7-9/h1,5-7,11H,4H2,2H3,(H,15,16)(H,17,18). The van der Waals surface area contributed by atoms with E-state index < -0.39 is 17.9 Å². The van der Waals surface area contributed by atoms with Crippen LogP contribution in [0.25, 0.3) is 0 Å². The Labute approximate surface area is 110 Å². The minimum Gasteiger partial charge on any atom is -0.480 e. The Morgan fingerprint density at radius 2 is 2.22 bits per heavy atom. The third-order valence-electron chi connectivity index (χ3n) is 2.35. The predicted octanol–water partition coefficient (Wildman–Crippen LogP) is 1.85. The van der Waals surface area contributed by atoms with Crippen LogP contribution in [0.2, 0.25) is 5.02 Å². The topological polar surface area (TPSA) is 66.4 Å². The Morgan fingerprint density at radius 3 is 2.72 bits per heavy atom. The van der Waals surface area contributed by atoms with E-state index in [4.69, 9.17) is 23.1 Å². The van der Waals surface area contributed by atoms with Crippen molar-refractivity contribution < 1.29 is 14.7 Å². The molecule has 1 atom stereocenters. The van der Waals surface area contributed by atoms with Crippen LogP contribution in [-0.2, 0) is 4.79 Å². The SMILES string of the molecule is C#CCC(NC(=O)c1ccc(Cl)c(C)c1)C(=O)O. The molecule has 1 aromatic rings. The summed E-state index contributed by atoms with van der Waals surface area (Å²) in [5.74, 6) is 0.561. The quantitative estimate of drug-likeness (QED) is 0.817. The third-order valence-corrected chi connectivity index (χ3v) is 2.77. The first-order chi connectivity index (χ1) is 8.45. The molecular formula is C13H12ClNO3. The number of halogens is 1. The van der Waals surface area contributed by atoms with E-state index in [9.17, 15) is 9.59 Å². The monoisotopic (exact) mass is 265 g/mol. The molecule has 0 saturated heterocycles. The van der Waals surface area contributed by atoms with E-state index in [2.05, 4.69) is 11.2 Å². The molecule has 0 radical (unpaired) electrons.